The summed E-state index contributed by atoms with van der Waals surface area (Å²) in [4.78, 5) is 18.6. The Morgan fingerprint density at radius 1 is 1.20 bits per heavy atom. The third kappa shape index (κ3) is 5.96. The number of pyridine rings is 1. The zero-order chi connectivity index (χ0) is 17.3. The van der Waals surface area contributed by atoms with E-state index < -0.39 is 0 Å². The number of likely N-dealkylation sites (tertiary alicyclic amines) is 1. The lowest BCUT2D eigenvalue weighted by Gasteiger charge is -2.33. The lowest BCUT2D eigenvalue weighted by atomic mass is 10.0. The van der Waals surface area contributed by atoms with E-state index in [0.717, 1.165) is 38.0 Å². The first-order chi connectivity index (χ1) is 12.3. The summed E-state index contributed by atoms with van der Waals surface area (Å²) in [5.74, 6) is -0.0378. The lowest BCUT2D eigenvalue weighted by molar-refractivity contribution is -0.127. The lowest BCUT2D eigenvalue weighted by Crippen LogP contribution is -2.48. The molecule has 3 rings (SSSR count). The molecule has 0 bridgehead atoms. The van der Waals surface area contributed by atoms with Crippen LogP contribution in [-0.2, 0) is 22.7 Å². The number of rotatable bonds is 7. The first-order valence-electron chi connectivity index (χ1n) is 8.82. The first kappa shape index (κ1) is 17.6. The summed E-state index contributed by atoms with van der Waals surface area (Å²) in [6.45, 7) is 3.38. The highest BCUT2D eigenvalue weighted by Gasteiger charge is 2.21. The molecule has 1 atom stereocenters. The van der Waals surface area contributed by atoms with Gasteiger partial charge in [0.25, 0.3) is 0 Å². The van der Waals surface area contributed by atoms with E-state index in [-0.39, 0.29) is 18.6 Å². The fraction of sp³-hybridized carbons (Fsp3) is 0.400. The highest BCUT2D eigenvalue weighted by atomic mass is 16.5. The van der Waals surface area contributed by atoms with Crippen molar-refractivity contribution in [2.75, 3.05) is 19.7 Å². The van der Waals surface area contributed by atoms with Crippen molar-refractivity contribution in [2.45, 2.75) is 32.0 Å². The Morgan fingerprint density at radius 3 is 2.84 bits per heavy atom. The fourth-order valence-electron chi connectivity index (χ4n) is 3.17. The van der Waals surface area contributed by atoms with E-state index in [2.05, 4.69) is 21.3 Å². The average Bonchev–Trinajstić information content (AvgIpc) is 2.64. The predicted molar refractivity (Wildman–Crippen MR) is 96.8 cm³/mol. The maximum Gasteiger partial charge on any atom is 0.246 e. The molecule has 132 valence electrons. The van der Waals surface area contributed by atoms with Gasteiger partial charge in [0.15, 0.2) is 0 Å². The van der Waals surface area contributed by atoms with E-state index in [1.165, 1.54) is 5.56 Å². The van der Waals surface area contributed by atoms with Crippen LogP contribution >= 0.6 is 0 Å². The van der Waals surface area contributed by atoms with Crippen molar-refractivity contribution in [3.8, 4) is 0 Å². The van der Waals surface area contributed by atoms with Gasteiger partial charge in [-0.15, -0.1) is 0 Å². The van der Waals surface area contributed by atoms with Gasteiger partial charge in [-0.05, 0) is 36.6 Å². The summed E-state index contributed by atoms with van der Waals surface area (Å²) < 4.78 is 5.51. The minimum Gasteiger partial charge on any atom is -0.367 e. The zero-order valence-corrected chi connectivity index (χ0v) is 14.4. The molecule has 1 N–H and O–H groups in total. The predicted octanol–water partition coefficient (Wildman–Crippen LogP) is 2.38. The second kappa shape index (κ2) is 9.30. The minimum atomic E-state index is -0.0378. The number of carbonyl (C=O) groups excluding carboxylic acids is 1. The van der Waals surface area contributed by atoms with Crippen molar-refractivity contribution >= 4 is 5.91 Å². The number of piperidine rings is 1. The number of ether oxygens (including phenoxy) is 1. The van der Waals surface area contributed by atoms with Crippen molar-refractivity contribution in [3.05, 3.63) is 66.0 Å². The number of hydrogen-bond acceptors (Lipinski definition) is 4. The van der Waals surface area contributed by atoms with Crippen LogP contribution in [0.25, 0.3) is 0 Å². The van der Waals surface area contributed by atoms with Gasteiger partial charge in [0, 0.05) is 31.5 Å². The van der Waals surface area contributed by atoms with Gasteiger partial charge in [-0.25, -0.2) is 0 Å². The number of aromatic nitrogens is 1. The summed E-state index contributed by atoms with van der Waals surface area (Å²) in [6, 6.07) is 14.1. The Bertz CT molecular complexity index is 649. The van der Waals surface area contributed by atoms with Crippen LogP contribution in [0.2, 0.25) is 0 Å². The number of amides is 1. The van der Waals surface area contributed by atoms with E-state index in [1.54, 1.807) is 6.20 Å². The summed E-state index contributed by atoms with van der Waals surface area (Å²) in [5, 5.41) is 3.10. The second-order valence-corrected chi connectivity index (χ2v) is 6.48. The molecule has 5 heteroatoms. The largest absolute Gasteiger partial charge is 0.367 e. The molecule has 0 saturated carbocycles. The normalized spacial score (nSPS) is 18.0. The van der Waals surface area contributed by atoms with Crippen molar-refractivity contribution in [1.29, 1.82) is 0 Å². The van der Waals surface area contributed by atoms with Crippen molar-refractivity contribution < 1.29 is 9.53 Å². The molecule has 1 amide bonds. The Balaban J connectivity index is 1.39. The molecule has 25 heavy (non-hydrogen) atoms. The molecular formula is C20H25N3O2. The molecule has 0 radical (unpaired) electrons. The van der Waals surface area contributed by atoms with E-state index in [1.807, 2.05) is 42.6 Å². The van der Waals surface area contributed by atoms with Gasteiger partial charge in [0.05, 0.1) is 6.61 Å². The van der Waals surface area contributed by atoms with Gasteiger partial charge >= 0.3 is 0 Å². The molecule has 5 nitrogen and oxygen atoms in total. The number of benzene rings is 1. The highest BCUT2D eigenvalue weighted by molar-refractivity contribution is 5.77. The van der Waals surface area contributed by atoms with Crippen LogP contribution in [0.5, 0.6) is 0 Å². The van der Waals surface area contributed by atoms with Gasteiger partial charge in [-0.2, -0.15) is 0 Å². The monoisotopic (exact) mass is 339 g/mol. The van der Waals surface area contributed by atoms with Crippen molar-refractivity contribution in [2.24, 2.45) is 0 Å². The smallest absolute Gasteiger partial charge is 0.246 e. The van der Waals surface area contributed by atoms with Crippen LogP contribution in [-0.4, -0.2) is 41.5 Å². The van der Waals surface area contributed by atoms with Crippen LogP contribution in [0, 0.1) is 0 Å². The van der Waals surface area contributed by atoms with Crippen LogP contribution in [0.3, 0.4) is 0 Å². The molecule has 0 aliphatic carbocycles. The van der Waals surface area contributed by atoms with Gasteiger partial charge in [-0.3, -0.25) is 14.7 Å². The molecule has 1 fully saturated rings. The molecule has 1 saturated heterocycles. The van der Waals surface area contributed by atoms with Crippen LogP contribution in [0.4, 0.5) is 0 Å². The Morgan fingerprint density at radius 2 is 2.04 bits per heavy atom. The third-order valence-corrected chi connectivity index (χ3v) is 4.34. The van der Waals surface area contributed by atoms with Gasteiger partial charge in [-0.1, -0.05) is 36.4 Å². The van der Waals surface area contributed by atoms with E-state index >= 15 is 0 Å². The molecule has 1 aromatic carbocycles. The number of carbonyl (C=O) groups is 1. The third-order valence-electron chi connectivity index (χ3n) is 4.34. The molecular weight excluding hydrogens is 314 g/mol. The van der Waals surface area contributed by atoms with Crippen molar-refractivity contribution in [3.63, 3.8) is 0 Å². The van der Waals surface area contributed by atoms with Crippen LogP contribution in [0.1, 0.15) is 24.0 Å². The zero-order valence-electron chi connectivity index (χ0n) is 14.4. The SMILES string of the molecule is O=C(COCc1ccccc1)NC1CCCN(Cc2cccnc2)C1. The molecule has 1 aliphatic rings. The maximum atomic E-state index is 12.1. The molecule has 0 spiro atoms. The molecule has 1 aliphatic heterocycles. The Labute approximate surface area is 149 Å². The van der Waals surface area contributed by atoms with Gasteiger partial charge in [0.1, 0.15) is 6.61 Å². The first-order valence-corrected chi connectivity index (χ1v) is 8.82. The van der Waals surface area contributed by atoms with E-state index in [0.29, 0.717) is 6.61 Å². The van der Waals surface area contributed by atoms with Crippen LogP contribution < -0.4 is 5.32 Å². The van der Waals surface area contributed by atoms with Crippen molar-refractivity contribution in [1.82, 2.24) is 15.2 Å². The molecule has 2 aromatic rings. The average molecular weight is 339 g/mol. The summed E-state index contributed by atoms with van der Waals surface area (Å²) >= 11 is 0. The second-order valence-electron chi connectivity index (χ2n) is 6.48. The molecule has 2 heterocycles. The molecule has 1 unspecified atom stereocenters. The topological polar surface area (TPSA) is 54.5 Å². The number of nitrogens with one attached hydrogen (secondary N) is 1. The van der Waals surface area contributed by atoms with Gasteiger partial charge < -0.3 is 10.1 Å². The fourth-order valence-corrected chi connectivity index (χ4v) is 3.17. The maximum absolute atomic E-state index is 12.1. The minimum absolute atomic E-state index is 0.0378. The summed E-state index contributed by atoms with van der Waals surface area (Å²) in [5.41, 5.74) is 2.29. The standard InChI is InChI=1S/C20H25N3O2/c24-20(16-25-15-17-6-2-1-3-7-17)22-19-9-5-11-23(14-19)13-18-8-4-10-21-12-18/h1-4,6-8,10,12,19H,5,9,11,13-16H2,(H,22,24). The summed E-state index contributed by atoms with van der Waals surface area (Å²) in [7, 11) is 0. The highest BCUT2D eigenvalue weighted by Crippen LogP contribution is 2.13. The number of nitrogens with zero attached hydrogens (tertiary/aromatic N) is 2. The Kier molecular flexibility index (Phi) is 6.54. The number of hydrogen-bond donors (Lipinski definition) is 1. The van der Waals surface area contributed by atoms with E-state index in [9.17, 15) is 4.79 Å². The van der Waals surface area contributed by atoms with Gasteiger partial charge in [0.2, 0.25) is 5.91 Å². The summed E-state index contributed by atoms with van der Waals surface area (Å²) in [6.07, 6.45) is 5.81. The molecule has 1 aromatic heterocycles. The Hall–Kier alpha value is -2.24. The quantitative estimate of drug-likeness (QED) is 0.841. The van der Waals surface area contributed by atoms with Crippen LogP contribution in [0.15, 0.2) is 54.9 Å². The van der Waals surface area contributed by atoms with E-state index in [4.69, 9.17) is 4.74 Å².